The molecular weight excluding hydrogens is 304 g/mol. The van der Waals surface area contributed by atoms with Crippen LogP contribution in [0.15, 0.2) is 34.9 Å². The van der Waals surface area contributed by atoms with E-state index in [4.69, 9.17) is 17.4 Å². The molecule has 0 aliphatic rings. The highest BCUT2D eigenvalue weighted by Gasteiger charge is 2.18. The summed E-state index contributed by atoms with van der Waals surface area (Å²) < 4.78 is 2.70. The van der Waals surface area contributed by atoms with Gasteiger partial charge in [0.25, 0.3) is 0 Å². The fourth-order valence-electron chi connectivity index (χ4n) is 1.74. The average molecular weight is 316 g/mol. The fraction of sp³-hybridized carbons (Fsp3) is 0.182. The van der Waals surface area contributed by atoms with Crippen LogP contribution in [0.1, 0.15) is 17.3 Å². The molecule has 0 aliphatic carbocycles. The van der Waals surface area contributed by atoms with Crippen molar-refractivity contribution in [3.63, 3.8) is 0 Å². The Hall–Kier alpha value is -0.880. The Bertz CT molecular complexity index is 526. The molecule has 1 atom stereocenters. The Kier molecular flexibility index (Phi) is 3.83. The minimum absolute atomic E-state index is 0.178. The van der Waals surface area contributed by atoms with Crippen molar-refractivity contribution in [2.45, 2.75) is 6.04 Å². The van der Waals surface area contributed by atoms with Crippen LogP contribution in [0, 0.1) is 0 Å². The number of benzene rings is 1. The van der Waals surface area contributed by atoms with Crippen molar-refractivity contribution >= 4 is 27.5 Å². The molecule has 1 aromatic heterocycles. The predicted molar refractivity (Wildman–Crippen MR) is 71.5 cm³/mol. The van der Waals surface area contributed by atoms with Gasteiger partial charge < -0.3 is 0 Å². The summed E-state index contributed by atoms with van der Waals surface area (Å²) in [6.45, 7) is 0. The molecule has 0 amide bonds. The summed E-state index contributed by atoms with van der Waals surface area (Å²) in [5.74, 6) is 5.61. The first-order chi connectivity index (χ1) is 8.13. The third kappa shape index (κ3) is 2.52. The third-order valence-corrected chi connectivity index (χ3v) is 3.42. The lowest BCUT2D eigenvalue weighted by molar-refractivity contribution is 0.575. The maximum Gasteiger partial charge on any atom is 0.0892 e. The molecule has 6 heteroatoms. The molecule has 0 spiro atoms. The zero-order valence-corrected chi connectivity index (χ0v) is 11.5. The van der Waals surface area contributed by atoms with Crippen LogP contribution in [0.3, 0.4) is 0 Å². The SMILES string of the molecule is Cn1nccc1C(NN)c1ccc(Br)cc1Cl. The summed E-state index contributed by atoms with van der Waals surface area (Å²) in [5.41, 5.74) is 4.63. The lowest BCUT2D eigenvalue weighted by atomic mass is 10.0. The summed E-state index contributed by atoms with van der Waals surface area (Å²) in [6.07, 6.45) is 1.73. The molecule has 0 radical (unpaired) electrons. The van der Waals surface area contributed by atoms with E-state index >= 15 is 0 Å². The number of aromatic nitrogens is 2. The van der Waals surface area contributed by atoms with Gasteiger partial charge >= 0.3 is 0 Å². The summed E-state index contributed by atoms with van der Waals surface area (Å²) in [4.78, 5) is 0. The average Bonchev–Trinajstić information content (AvgIpc) is 2.69. The molecule has 1 heterocycles. The van der Waals surface area contributed by atoms with Crippen molar-refractivity contribution in [2.24, 2.45) is 12.9 Å². The number of hydrazine groups is 1. The summed E-state index contributed by atoms with van der Waals surface area (Å²) in [7, 11) is 1.87. The van der Waals surface area contributed by atoms with Crippen molar-refractivity contribution in [2.75, 3.05) is 0 Å². The first-order valence-corrected chi connectivity index (χ1v) is 6.19. The molecule has 0 aliphatic heterocycles. The van der Waals surface area contributed by atoms with Crippen LogP contribution >= 0.6 is 27.5 Å². The minimum Gasteiger partial charge on any atom is -0.271 e. The fourth-order valence-corrected chi connectivity index (χ4v) is 2.52. The van der Waals surface area contributed by atoms with Gasteiger partial charge in [0.05, 0.1) is 11.7 Å². The monoisotopic (exact) mass is 314 g/mol. The van der Waals surface area contributed by atoms with E-state index in [1.54, 1.807) is 10.9 Å². The number of aryl methyl sites for hydroxylation is 1. The second-order valence-electron chi connectivity index (χ2n) is 3.65. The topological polar surface area (TPSA) is 55.9 Å². The lowest BCUT2D eigenvalue weighted by Gasteiger charge is -2.18. The van der Waals surface area contributed by atoms with E-state index in [-0.39, 0.29) is 6.04 Å². The normalized spacial score (nSPS) is 12.7. The Balaban J connectivity index is 2.46. The van der Waals surface area contributed by atoms with Crippen LogP contribution in [0.4, 0.5) is 0 Å². The maximum absolute atomic E-state index is 6.22. The van der Waals surface area contributed by atoms with Gasteiger partial charge in [-0.05, 0) is 23.8 Å². The maximum atomic E-state index is 6.22. The van der Waals surface area contributed by atoms with Gasteiger partial charge in [-0.1, -0.05) is 33.6 Å². The van der Waals surface area contributed by atoms with E-state index in [1.807, 2.05) is 31.3 Å². The molecule has 4 nitrogen and oxygen atoms in total. The molecule has 1 unspecified atom stereocenters. The molecule has 1 aromatic carbocycles. The van der Waals surface area contributed by atoms with Crippen molar-refractivity contribution in [1.29, 1.82) is 0 Å². The van der Waals surface area contributed by atoms with Gasteiger partial charge in [-0.2, -0.15) is 5.10 Å². The van der Waals surface area contributed by atoms with Gasteiger partial charge in [-0.25, -0.2) is 5.43 Å². The van der Waals surface area contributed by atoms with E-state index in [2.05, 4.69) is 26.5 Å². The van der Waals surface area contributed by atoms with Crippen LogP contribution in [-0.4, -0.2) is 9.78 Å². The second kappa shape index (κ2) is 5.18. The number of nitrogens with one attached hydrogen (secondary N) is 1. The first kappa shape index (κ1) is 12.6. The Labute approximate surface area is 113 Å². The molecular formula is C11H12BrClN4. The molecule has 3 N–H and O–H groups in total. The molecule has 0 fully saturated rings. The number of nitrogens with two attached hydrogens (primary N) is 1. The van der Waals surface area contributed by atoms with Gasteiger partial charge in [0.2, 0.25) is 0 Å². The van der Waals surface area contributed by atoms with E-state index in [1.165, 1.54) is 0 Å². The molecule has 0 saturated heterocycles. The van der Waals surface area contributed by atoms with Gasteiger partial charge in [-0.15, -0.1) is 0 Å². The van der Waals surface area contributed by atoms with E-state index in [0.717, 1.165) is 15.7 Å². The summed E-state index contributed by atoms with van der Waals surface area (Å²) in [5, 5.41) is 4.78. The van der Waals surface area contributed by atoms with Crippen molar-refractivity contribution in [3.05, 3.63) is 51.2 Å². The van der Waals surface area contributed by atoms with Gasteiger partial charge in [0.15, 0.2) is 0 Å². The summed E-state index contributed by atoms with van der Waals surface area (Å²) >= 11 is 9.59. The molecule has 0 saturated carbocycles. The van der Waals surface area contributed by atoms with Gasteiger partial charge in [-0.3, -0.25) is 10.5 Å². The lowest BCUT2D eigenvalue weighted by Crippen LogP contribution is -2.30. The van der Waals surface area contributed by atoms with Crippen LogP contribution in [0.25, 0.3) is 0 Å². The van der Waals surface area contributed by atoms with E-state index < -0.39 is 0 Å². The third-order valence-electron chi connectivity index (χ3n) is 2.59. The quantitative estimate of drug-likeness (QED) is 0.675. The molecule has 2 rings (SSSR count). The van der Waals surface area contributed by atoms with E-state index in [9.17, 15) is 0 Å². The van der Waals surface area contributed by atoms with Crippen LogP contribution < -0.4 is 11.3 Å². The van der Waals surface area contributed by atoms with Crippen LogP contribution in [0.2, 0.25) is 5.02 Å². The molecule has 0 bridgehead atoms. The standard InChI is InChI=1S/C11H12BrClN4/c1-17-10(4-5-15-17)11(16-14)8-3-2-7(12)6-9(8)13/h2-6,11,16H,14H2,1H3. The molecule has 17 heavy (non-hydrogen) atoms. The number of halogens is 2. The number of hydrogen-bond donors (Lipinski definition) is 2. The minimum atomic E-state index is -0.178. The number of rotatable bonds is 3. The van der Waals surface area contributed by atoms with Crippen LogP contribution in [-0.2, 0) is 7.05 Å². The zero-order chi connectivity index (χ0) is 12.4. The number of nitrogens with zero attached hydrogens (tertiary/aromatic N) is 2. The second-order valence-corrected chi connectivity index (χ2v) is 4.97. The van der Waals surface area contributed by atoms with Crippen molar-refractivity contribution in [3.8, 4) is 0 Å². The van der Waals surface area contributed by atoms with Gasteiger partial charge in [0, 0.05) is 22.7 Å². The zero-order valence-electron chi connectivity index (χ0n) is 9.19. The largest absolute Gasteiger partial charge is 0.271 e. The van der Waals surface area contributed by atoms with E-state index in [0.29, 0.717) is 5.02 Å². The Morgan fingerprint density at radius 3 is 2.76 bits per heavy atom. The highest BCUT2D eigenvalue weighted by molar-refractivity contribution is 9.10. The highest BCUT2D eigenvalue weighted by atomic mass is 79.9. The molecule has 2 aromatic rings. The highest BCUT2D eigenvalue weighted by Crippen LogP contribution is 2.29. The summed E-state index contributed by atoms with van der Waals surface area (Å²) in [6, 6.07) is 7.44. The smallest absolute Gasteiger partial charge is 0.0892 e. The first-order valence-electron chi connectivity index (χ1n) is 5.02. The van der Waals surface area contributed by atoms with Crippen LogP contribution in [0.5, 0.6) is 0 Å². The Morgan fingerprint density at radius 2 is 2.24 bits per heavy atom. The number of hydrogen-bond acceptors (Lipinski definition) is 3. The predicted octanol–water partition coefficient (Wildman–Crippen LogP) is 2.39. The Morgan fingerprint density at radius 1 is 1.47 bits per heavy atom. The van der Waals surface area contributed by atoms with Gasteiger partial charge in [0.1, 0.15) is 0 Å². The van der Waals surface area contributed by atoms with Crippen molar-refractivity contribution < 1.29 is 0 Å². The molecule has 90 valence electrons. The van der Waals surface area contributed by atoms with Crippen molar-refractivity contribution in [1.82, 2.24) is 15.2 Å².